The molecule has 0 aromatic heterocycles. The molecule has 0 amide bonds. The van der Waals surface area contributed by atoms with Gasteiger partial charge in [0.2, 0.25) is 0 Å². The lowest BCUT2D eigenvalue weighted by Gasteiger charge is -2.23. The molecule has 1 aromatic carbocycles. The molecule has 3 nitrogen and oxygen atoms in total. The molecule has 0 heterocycles. The Labute approximate surface area is 131 Å². The lowest BCUT2D eigenvalue weighted by Crippen LogP contribution is -2.27. The normalized spacial score (nSPS) is 10.3. The molecule has 1 rings (SSSR count). The molecular weight excluding hydrogens is 295 g/mol. The summed E-state index contributed by atoms with van der Waals surface area (Å²) in [5.74, 6) is 1.52. The summed E-state index contributed by atoms with van der Waals surface area (Å²) < 4.78 is 5.14. The minimum Gasteiger partial charge on any atom is -0.481 e. The van der Waals surface area contributed by atoms with Crippen LogP contribution in [0.5, 0.6) is 0 Å². The van der Waals surface area contributed by atoms with Crippen LogP contribution in [0.15, 0.2) is 24.3 Å². The summed E-state index contributed by atoms with van der Waals surface area (Å²) in [6, 6.07) is 8.34. The van der Waals surface area contributed by atoms with Crippen LogP contribution in [0, 0.1) is 5.41 Å². The summed E-state index contributed by atoms with van der Waals surface area (Å²) in [6.07, 6.45) is 1.46. The van der Waals surface area contributed by atoms with Crippen molar-refractivity contribution >= 4 is 34.8 Å². The van der Waals surface area contributed by atoms with Crippen LogP contribution >= 0.6 is 23.2 Å². The molecule has 0 aliphatic heterocycles. The van der Waals surface area contributed by atoms with Gasteiger partial charge in [0.1, 0.15) is 0 Å². The van der Waals surface area contributed by atoms with E-state index in [1.807, 2.05) is 6.92 Å². The Morgan fingerprint density at radius 3 is 2.25 bits per heavy atom. The van der Waals surface area contributed by atoms with E-state index in [9.17, 15) is 0 Å². The molecule has 20 heavy (non-hydrogen) atoms. The molecule has 112 valence electrons. The number of nitrogens with one attached hydrogen (secondary N) is 1. The number of anilines is 1. The molecule has 0 aliphatic rings. The van der Waals surface area contributed by atoms with Crippen LogP contribution < -0.4 is 4.90 Å². The number of alkyl halides is 2. The number of aryl methyl sites for hydroxylation is 1. The van der Waals surface area contributed by atoms with E-state index in [1.54, 1.807) is 0 Å². The smallest absolute Gasteiger partial charge is 0.180 e. The van der Waals surface area contributed by atoms with Gasteiger partial charge in [-0.1, -0.05) is 12.1 Å². The Kier molecular flexibility index (Phi) is 8.47. The zero-order valence-electron chi connectivity index (χ0n) is 11.9. The molecule has 0 spiro atoms. The molecule has 0 bridgehead atoms. The van der Waals surface area contributed by atoms with E-state index in [0.717, 1.165) is 25.2 Å². The summed E-state index contributed by atoms with van der Waals surface area (Å²) in [4.78, 5) is 2.17. The molecular formula is C15H22Cl2N2O. The highest BCUT2D eigenvalue weighted by molar-refractivity contribution is 6.18. The minimum absolute atomic E-state index is 0.350. The summed E-state index contributed by atoms with van der Waals surface area (Å²) in [7, 11) is 0. The first-order valence-corrected chi connectivity index (χ1v) is 7.94. The topological polar surface area (TPSA) is 36.3 Å². The van der Waals surface area contributed by atoms with Gasteiger partial charge in [0.25, 0.3) is 0 Å². The highest BCUT2D eigenvalue weighted by Gasteiger charge is 2.05. The average molecular weight is 317 g/mol. The number of hydrogen-bond acceptors (Lipinski definition) is 3. The van der Waals surface area contributed by atoms with Gasteiger partial charge in [-0.3, -0.25) is 5.41 Å². The third-order valence-corrected chi connectivity index (χ3v) is 3.31. The quantitative estimate of drug-likeness (QED) is 0.426. The van der Waals surface area contributed by atoms with Gasteiger partial charge in [-0.2, -0.15) is 0 Å². The Morgan fingerprint density at radius 2 is 1.75 bits per heavy atom. The molecule has 0 aliphatic carbocycles. The first-order valence-electron chi connectivity index (χ1n) is 6.87. The third-order valence-electron chi connectivity index (χ3n) is 2.97. The van der Waals surface area contributed by atoms with Crippen LogP contribution in [-0.2, 0) is 11.2 Å². The summed E-state index contributed by atoms with van der Waals surface area (Å²) in [5, 5.41) is 7.60. The van der Waals surface area contributed by atoms with Crippen LogP contribution in [0.1, 0.15) is 18.9 Å². The first-order chi connectivity index (χ1) is 9.71. The van der Waals surface area contributed by atoms with Crippen molar-refractivity contribution in [2.24, 2.45) is 0 Å². The van der Waals surface area contributed by atoms with Crippen molar-refractivity contribution in [1.29, 1.82) is 5.41 Å². The van der Waals surface area contributed by atoms with Crippen LogP contribution in [0.4, 0.5) is 5.69 Å². The van der Waals surface area contributed by atoms with E-state index in [-0.39, 0.29) is 0 Å². The maximum atomic E-state index is 7.60. The summed E-state index contributed by atoms with van der Waals surface area (Å²) in [5.41, 5.74) is 2.34. The van der Waals surface area contributed by atoms with Crippen molar-refractivity contribution in [2.75, 3.05) is 36.4 Å². The van der Waals surface area contributed by atoms with Crippen molar-refractivity contribution < 1.29 is 4.74 Å². The van der Waals surface area contributed by atoms with Gasteiger partial charge in [0.05, 0.1) is 6.61 Å². The molecule has 1 N–H and O–H groups in total. The molecule has 0 radical (unpaired) electrons. The zero-order chi connectivity index (χ0) is 14.8. The van der Waals surface area contributed by atoms with E-state index in [4.69, 9.17) is 33.3 Å². The van der Waals surface area contributed by atoms with Crippen molar-refractivity contribution in [2.45, 2.75) is 19.8 Å². The highest BCUT2D eigenvalue weighted by Crippen LogP contribution is 2.16. The van der Waals surface area contributed by atoms with Crippen LogP contribution in [-0.4, -0.2) is 37.4 Å². The Balaban J connectivity index is 2.56. The summed E-state index contributed by atoms with van der Waals surface area (Å²) in [6.45, 7) is 4.04. The van der Waals surface area contributed by atoms with Crippen LogP contribution in [0.3, 0.4) is 0 Å². The average Bonchev–Trinajstić information content (AvgIpc) is 2.46. The number of benzene rings is 1. The Morgan fingerprint density at radius 1 is 1.15 bits per heavy atom. The van der Waals surface area contributed by atoms with Gasteiger partial charge in [-0.25, -0.2) is 0 Å². The summed E-state index contributed by atoms with van der Waals surface area (Å²) >= 11 is 11.6. The van der Waals surface area contributed by atoms with E-state index in [0.29, 0.717) is 30.7 Å². The van der Waals surface area contributed by atoms with Crippen molar-refractivity contribution in [3.63, 3.8) is 0 Å². The maximum absolute atomic E-state index is 7.60. The molecule has 0 fully saturated rings. The van der Waals surface area contributed by atoms with Gasteiger partial charge >= 0.3 is 0 Å². The molecule has 0 saturated heterocycles. The first kappa shape index (κ1) is 17.1. The molecule has 0 saturated carbocycles. The highest BCUT2D eigenvalue weighted by atomic mass is 35.5. The fraction of sp³-hybridized carbons (Fsp3) is 0.533. The number of hydrogen-bond donors (Lipinski definition) is 1. The second-order valence-electron chi connectivity index (χ2n) is 4.39. The molecule has 0 atom stereocenters. The third kappa shape index (κ3) is 6.02. The zero-order valence-corrected chi connectivity index (χ0v) is 13.4. The largest absolute Gasteiger partial charge is 0.481 e. The molecule has 0 unspecified atom stereocenters. The Hall–Kier alpha value is -0.930. The Bertz CT molecular complexity index is 389. The van der Waals surface area contributed by atoms with Crippen LogP contribution in [0.25, 0.3) is 0 Å². The fourth-order valence-electron chi connectivity index (χ4n) is 1.95. The van der Waals surface area contributed by atoms with E-state index in [2.05, 4.69) is 29.2 Å². The van der Waals surface area contributed by atoms with Crippen molar-refractivity contribution in [3.05, 3.63) is 29.8 Å². The number of ether oxygens (including phenoxy) is 1. The number of rotatable bonds is 9. The van der Waals surface area contributed by atoms with E-state index >= 15 is 0 Å². The second kappa shape index (κ2) is 9.89. The number of halogens is 2. The molecule has 1 aromatic rings. The monoisotopic (exact) mass is 316 g/mol. The second-order valence-corrected chi connectivity index (χ2v) is 5.14. The lowest BCUT2D eigenvalue weighted by molar-refractivity contribution is 0.314. The van der Waals surface area contributed by atoms with E-state index in [1.165, 1.54) is 5.56 Å². The predicted molar refractivity (Wildman–Crippen MR) is 87.8 cm³/mol. The van der Waals surface area contributed by atoms with Crippen molar-refractivity contribution in [3.8, 4) is 0 Å². The van der Waals surface area contributed by atoms with Gasteiger partial charge in [0, 0.05) is 37.0 Å². The van der Waals surface area contributed by atoms with E-state index < -0.39 is 0 Å². The van der Waals surface area contributed by atoms with Gasteiger partial charge < -0.3 is 9.64 Å². The maximum Gasteiger partial charge on any atom is 0.180 e. The standard InChI is InChI=1S/C15H22Cl2N2O/c1-2-20-15(18)8-5-13-3-6-14(7-4-13)19(11-9-16)12-10-17/h3-4,6-7,18H,2,5,8-12H2,1H3. The van der Waals surface area contributed by atoms with Gasteiger partial charge in [-0.05, 0) is 31.0 Å². The van der Waals surface area contributed by atoms with Gasteiger partial charge in [-0.15, -0.1) is 23.2 Å². The number of nitrogens with zero attached hydrogens (tertiary/aromatic N) is 1. The SMILES string of the molecule is CCOC(=N)CCc1ccc(N(CCCl)CCCl)cc1. The predicted octanol–water partition coefficient (Wildman–Crippen LogP) is 3.92. The lowest BCUT2D eigenvalue weighted by atomic mass is 10.1. The van der Waals surface area contributed by atoms with Crippen molar-refractivity contribution in [1.82, 2.24) is 0 Å². The van der Waals surface area contributed by atoms with Gasteiger partial charge in [0.15, 0.2) is 5.90 Å². The van der Waals surface area contributed by atoms with Crippen LogP contribution in [0.2, 0.25) is 0 Å². The minimum atomic E-state index is 0.350. The molecule has 5 heteroatoms. The fourth-order valence-corrected chi connectivity index (χ4v) is 2.36.